The van der Waals surface area contributed by atoms with Gasteiger partial charge in [0.15, 0.2) is 11.6 Å². The first-order chi connectivity index (χ1) is 8.58. The van der Waals surface area contributed by atoms with Gasteiger partial charge in [0.2, 0.25) is 0 Å². The Morgan fingerprint density at radius 1 is 1.28 bits per heavy atom. The van der Waals surface area contributed by atoms with Gasteiger partial charge in [-0.15, -0.1) is 0 Å². The third-order valence-electron chi connectivity index (χ3n) is 2.59. The monoisotopic (exact) mass is 255 g/mol. The van der Waals surface area contributed by atoms with Gasteiger partial charge in [0.25, 0.3) is 5.56 Å². The normalized spacial score (nSPS) is 10.7. The maximum atomic E-state index is 13.8. The highest BCUT2D eigenvalue weighted by Gasteiger charge is 2.17. The summed E-state index contributed by atoms with van der Waals surface area (Å²) in [5, 5.41) is 4.76. The first kappa shape index (κ1) is 12.3. The van der Waals surface area contributed by atoms with Crippen molar-refractivity contribution in [2.24, 2.45) is 5.73 Å². The molecule has 0 spiro atoms. The number of ether oxygens (including phenoxy) is 1. The number of halogens is 2. The number of H-pyrrole nitrogens is 2. The number of hydrogen-bond acceptors (Lipinski definition) is 3. The molecule has 7 heteroatoms. The van der Waals surface area contributed by atoms with Gasteiger partial charge in [-0.3, -0.25) is 15.0 Å². The molecule has 96 valence electrons. The highest BCUT2D eigenvalue weighted by Crippen LogP contribution is 2.28. The molecule has 0 aliphatic carbocycles. The van der Waals surface area contributed by atoms with E-state index in [1.54, 1.807) is 0 Å². The maximum Gasteiger partial charge on any atom is 0.269 e. The summed E-state index contributed by atoms with van der Waals surface area (Å²) in [4.78, 5) is 11.4. The minimum Gasteiger partial charge on any atom is -0.494 e. The molecule has 0 atom stereocenters. The fourth-order valence-electron chi connectivity index (χ4n) is 1.68. The van der Waals surface area contributed by atoms with Gasteiger partial charge < -0.3 is 10.5 Å². The van der Waals surface area contributed by atoms with Crippen molar-refractivity contribution in [3.05, 3.63) is 39.7 Å². The number of nitrogens with one attached hydrogen (secondary N) is 2. The standard InChI is InChI=1S/C11H11F2N3O2/c1-18-9-3-7(12)5(2-8(9)13)10-6(4-14)11(17)16-15-10/h2-3H,4,14H2,1H3,(H2,15,16,17). The molecule has 0 amide bonds. The Bertz CT molecular complexity index is 634. The van der Waals surface area contributed by atoms with Crippen LogP contribution in [-0.2, 0) is 6.54 Å². The fourth-order valence-corrected chi connectivity index (χ4v) is 1.68. The lowest BCUT2D eigenvalue weighted by atomic mass is 10.1. The number of benzene rings is 1. The predicted octanol–water partition coefficient (Wildman–Crippen LogP) is 1.12. The number of nitrogens with two attached hydrogens (primary N) is 1. The topological polar surface area (TPSA) is 83.9 Å². The predicted molar refractivity (Wildman–Crippen MR) is 61.2 cm³/mol. The van der Waals surface area contributed by atoms with E-state index in [1.807, 2.05) is 0 Å². The molecular formula is C11H11F2N3O2. The largest absolute Gasteiger partial charge is 0.494 e. The van der Waals surface area contributed by atoms with Gasteiger partial charge in [0, 0.05) is 18.2 Å². The van der Waals surface area contributed by atoms with Crippen molar-refractivity contribution >= 4 is 0 Å². The van der Waals surface area contributed by atoms with Crippen LogP contribution in [0.25, 0.3) is 11.3 Å². The van der Waals surface area contributed by atoms with Crippen molar-refractivity contribution in [2.75, 3.05) is 7.11 Å². The van der Waals surface area contributed by atoms with E-state index in [0.29, 0.717) is 0 Å². The fraction of sp³-hybridized carbons (Fsp3) is 0.182. The van der Waals surface area contributed by atoms with Crippen LogP contribution in [0, 0.1) is 11.6 Å². The smallest absolute Gasteiger partial charge is 0.269 e. The molecule has 0 saturated heterocycles. The molecule has 0 saturated carbocycles. The summed E-state index contributed by atoms with van der Waals surface area (Å²) in [7, 11) is 1.24. The lowest BCUT2D eigenvalue weighted by Gasteiger charge is -2.06. The van der Waals surface area contributed by atoms with Crippen molar-refractivity contribution in [2.45, 2.75) is 6.54 Å². The first-order valence-corrected chi connectivity index (χ1v) is 5.11. The van der Waals surface area contributed by atoms with Gasteiger partial charge in [-0.2, -0.15) is 0 Å². The quantitative estimate of drug-likeness (QED) is 0.768. The van der Waals surface area contributed by atoms with Gasteiger partial charge in [-0.05, 0) is 6.07 Å². The summed E-state index contributed by atoms with van der Waals surface area (Å²) in [5.74, 6) is -1.64. The lowest BCUT2D eigenvalue weighted by Crippen LogP contribution is -2.10. The molecule has 0 aliphatic rings. The van der Waals surface area contributed by atoms with Crippen molar-refractivity contribution in [1.82, 2.24) is 10.2 Å². The highest BCUT2D eigenvalue weighted by molar-refractivity contribution is 5.64. The summed E-state index contributed by atoms with van der Waals surface area (Å²) in [6.45, 7) is -0.0821. The van der Waals surface area contributed by atoms with E-state index >= 15 is 0 Å². The minimum atomic E-state index is -0.723. The second-order valence-electron chi connectivity index (χ2n) is 3.60. The van der Waals surface area contributed by atoms with Gasteiger partial charge in [0.1, 0.15) is 5.82 Å². The molecule has 2 aromatic rings. The van der Waals surface area contributed by atoms with Crippen LogP contribution >= 0.6 is 0 Å². The Kier molecular flexibility index (Phi) is 3.15. The van der Waals surface area contributed by atoms with Gasteiger partial charge in [-0.1, -0.05) is 0 Å². The third-order valence-corrected chi connectivity index (χ3v) is 2.59. The Balaban J connectivity index is 2.64. The zero-order valence-electron chi connectivity index (χ0n) is 9.51. The summed E-state index contributed by atoms with van der Waals surface area (Å²) < 4.78 is 32.0. The molecule has 0 fully saturated rings. The van der Waals surface area contributed by atoms with Gasteiger partial charge in [0.05, 0.1) is 18.4 Å². The van der Waals surface area contributed by atoms with Crippen molar-refractivity contribution in [1.29, 1.82) is 0 Å². The molecule has 4 N–H and O–H groups in total. The molecule has 1 aromatic carbocycles. The van der Waals surface area contributed by atoms with Crippen molar-refractivity contribution in [3.8, 4) is 17.0 Å². The summed E-state index contributed by atoms with van der Waals surface area (Å²) >= 11 is 0. The van der Waals surface area contributed by atoms with E-state index in [9.17, 15) is 13.6 Å². The number of aromatic amines is 2. The number of aromatic nitrogens is 2. The Labute approximate surface area is 101 Å². The lowest BCUT2D eigenvalue weighted by molar-refractivity contribution is 0.383. The number of rotatable bonds is 3. The first-order valence-electron chi connectivity index (χ1n) is 5.11. The average Bonchev–Trinajstić information content (AvgIpc) is 2.72. The second kappa shape index (κ2) is 4.61. The SMILES string of the molecule is COc1cc(F)c(-c2[nH][nH]c(=O)c2CN)cc1F. The molecule has 5 nitrogen and oxygen atoms in total. The van der Waals surface area contributed by atoms with Crippen LogP contribution < -0.4 is 16.0 Å². The number of methoxy groups -OCH3 is 1. The third kappa shape index (κ3) is 1.88. The minimum absolute atomic E-state index is 0.0768. The Morgan fingerprint density at radius 3 is 2.61 bits per heavy atom. The Morgan fingerprint density at radius 2 is 2.00 bits per heavy atom. The Hall–Kier alpha value is -2.15. The molecule has 0 radical (unpaired) electrons. The van der Waals surface area contributed by atoms with Crippen LogP contribution in [0.3, 0.4) is 0 Å². The molecule has 1 heterocycles. The van der Waals surface area contributed by atoms with Gasteiger partial charge in [-0.25, -0.2) is 8.78 Å². The highest BCUT2D eigenvalue weighted by atomic mass is 19.1. The summed E-state index contributed by atoms with van der Waals surface area (Å²) in [5.41, 5.74) is 5.17. The molecular weight excluding hydrogens is 244 g/mol. The zero-order valence-corrected chi connectivity index (χ0v) is 9.51. The average molecular weight is 255 g/mol. The summed E-state index contributed by atoms with van der Waals surface area (Å²) in [6.07, 6.45) is 0. The van der Waals surface area contributed by atoms with Gasteiger partial charge >= 0.3 is 0 Å². The van der Waals surface area contributed by atoms with E-state index in [-0.39, 0.29) is 29.1 Å². The second-order valence-corrected chi connectivity index (χ2v) is 3.60. The van der Waals surface area contributed by atoms with E-state index < -0.39 is 17.2 Å². The van der Waals surface area contributed by atoms with E-state index in [0.717, 1.165) is 12.1 Å². The molecule has 1 aromatic heterocycles. The van der Waals surface area contributed by atoms with Crippen molar-refractivity contribution in [3.63, 3.8) is 0 Å². The molecule has 0 unspecified atom stereocenters. The van der Waals surface area contributed by atoms with Crippen LogP contribution in [0.2, 0.25) is 0 Å². The molecule has 2 rings (SSSR count). The van der Waals surface area contributed by atoms with Crippen molar-refractivity contribution < 1.29 is 13.5 Å². The summed E-state index contributed by atoms with van der Waals surface area (Å²) in [6, 6.07) is 1.86. The van der Waals surface area contributed by atoms with Crippen LogP contribution in [-0.4, -0.2) is 17.3 Å². The maximum absolute atomic E-state index is 13.8. The zero-order chi connectivity index (χ0) is 13.3. The number of hydrogen-bond donors (Lipinski definition) is 3. The van der Waals surface area contributed by atoms with Crippen LogP contribution in [0.15, 0.2) is 16.9 Å². The molecule has 0 aliphatic heterocycles. The molecule has 18 heavy (non-hydrogen) atoms. The van der Waals surface area contributed by atoms with E-state index in [4.69, 9.17) is 5.73 Å². The van der Waals surface area contributed by atoms with Crippen LogP contribution in [0.5, 0.6) is 5.75 Å². The van der Waals surface area contributed by atoms with Crippen LogP contribution in [0.1, 0.15) is 5.56 Å². The van der Waals surface area contributed by atoms with E-state index in [2.05, 4.69) is 14.9 Å². The van der Waals surface area contributed by atoms with Crippen LogP contribution in [0.4, 0.5) is 8.78 Å². The van der Waals surface area contributed by atoms with E-state index in [1.165, 1.54) is 7.11 Å². The molecule has 0 bridgehead atoms.